The van der Waals surface area contributed by atoms with Crippen LogP contribution in [0, 0.1) is 5.92 Å². The number of ether oxygens (including phenoxy) is 1. The minimum absolute atomic E-state index is 0.00832. The maximum absolute atomic E-state index is 12.1. The second-order valence-corrected chi connectivity index (χ2v) is 10.6. The Morgan fingerprint density at radius 3 is 1.44 bits per heavy atom. The van der Waals surface area contributed by atoms with Gasteiger partial charge in [0.25, 0.3) is 0 Å². The van der Waals surface area contributed by atoms with Crippen molar-refractivity contribution in [3.8, 4) is 0 Å². The average molecular weight is 481 g/mol. The standard InChI is InChI=1S/C31H60O3/c1-4-7-10-12-13-16-20-25-30(32)26-21-17-14-15-18-22-27-31(33)34-28-29(23-9-6-3)24-19-11-8-5-2/h29H,4-28H2,1-3H3/t29-/m1/s1. The first-order chi connectivity index (χ1) is 16.6. The van der Waals surface area contributed by atoms with Gasteiger partial charge in [-0.1, -0.05) is 124 Å². The van der Waals surface area contributed by atoms with Crippen molar-refractivity contribution >= 4 is 11.8 Å². The fourth-order valence-corrected chi connectivity index (χ4v) is 4.65. The average Bonchev–Trinajstić information content (AvgIpc) is 2.84. The highest BCUT2D eigenvalue weighted by Gasteiger charge is 2.12. The van der Waals surface area contributed by atoms with E-state index >= 15 is 0 Å². The fraction of sp³-hybridized carbons (Fsp3) is 0.935. The van der Waals surface area contributed by atoms with Crippen LogP contribution in [0.5, 0.6) is 0 Å². The summed E-state index contributed by atoms with van der Waals surface area (Å²) in [6.07, 6.45) is 27.6. The van der Waals surface area contributed by atoms with Crippen LogP contribution in [0.4, 0.5) is 0 Å². The molecule has 1 atom stereocenters. The summed E-state index contributed by atoms with van der Waals surface area (Å²) in [5.41, 5.74) is 0. The lowest BCUT2D eigenvalue weighted by Crippen LogP contribution is -2.14. The summed E-state index contributed by atoms with van der Waals surface area (Å²) in [4.78, 5) is 24.1. The van der Waals surface area contributed by atoms with Crippen LogP contribution in [0.25, 0.3) is 0 Å². The van der Waals surface area contributed by atoms with E-state index in [2.05, 4.69) is 20.8 Å². The molecule has 0 aliphatic heterocycles. The van der Waals surface area contributed by atoms with Gasteiger partial charge in [0.2, 0.25) is 0 Å². The van der Waals surface area contributed by atoms with Gasteiger partial charge in [-0.15, -0.1) is 0 Å². The van der Waals surface area contributed by atoms with Crippen LogP contribution in [-0.2, 0) is 14.3 Å². The topological polar surface area (TPSA) is 43.4 Å². The summed E-state index contributed by atoms with van der Waals surface area (Å²) in [6, 6.07) is 0. The quantitative estimate of drug-likeness (QED) is 0.0867. The monoisotopic (exact) mass is 480 g/mol. The van der Waals surface area contributed by atoms with E-state index in [9.17, 15) is 9.59 Å². The highest BCUT2D eigenvalue weighted by molar-refractivity contribution is 5.78. The van der Waals surface area contributed by atoms with Gasteiger partial charge in [0, 0.05) is 19.3 Å². The van der Waals surface area contributed by atoms with Crippen LogP contribution in [-0.4, -0.2) is 18.4 Å². The predicted octanol–water partition coefficient (Wildman–Crippen LogP) is 10.1. The first kappa shape index (κ1) is 33.1. The SMILES string of the molecule is CCCCCCCCCC(=O)CCCCCCCCC(=O)OC[C@H](CCCC)CCCCCC. The molecule has 0 aliphatic rings. The Morgan fingerprint density at radius 1 is 0.500 bits per heavy atom. The number of Topliss-reactive ketones (excluding diaryl/α,β-unsaturated/α-hetero) is 1. The molecule has 0 bridgehead atoms. The number of carbonyl (C=O) groups excluding carboxylic acids is 2. The van der Waals surface area contributed by atoms with Crippen molar-refractivity contribution in [3.05, 3.63) is 0 Å². The molecule has 3 heteroatoms. The van der Waals surface area contributed by atoms with Gasteiger partial charge in [-0.25, -0.2) is 0 Å². The van der Waals surface area contributed by atoms with E-state index in [1.807, 2.05) is 0 Å². The molecule has 0 N–H and O–H groups in total. The Labute approximate surface area is 213 Å². The van der Waals surface area contributed by atoms with Gasteiger partial charge in [0.05, 0.1) is 6.61 Å². The van der Waals surface area contributed by atoms with Crippen molar-refractivity contribution in [3.63, 3.8) is 0 Å². The molecule has 0 aliphatic carbocycles. The lowest BCUT2D eigenvalue weighted by molar-refractivity contribution is -0.145. The normalized spacial score (nSPS) is 12.1. The third-order valence-electron chi connectivity index (χ3n) is 7.06. The molecular formula is C31H60O3. The van der Waals surface area contributed by atoms with Crippen LogP contribution in [0.1, 0.15) is 175 Å². The summed E-state index contributed by atoms with van der Waals surface area (Å²) in [6.45, 7) is 7.35. The van der Waals surface area contributed by atoms with Crippen LogP contribution in [0.3, 0.4) is 0 Å². The Balaban J connectivity index is 3.58. The molecular weight excluding hydrogens is 420 g/mol. The maximum Gasteiger partial charge on any atom is 0.305 e. The molecule has 0 radical (unpaired) electrons. The molecule has 0 spiro atoms. The lowest BCUT2D eigenvalue weighted by atomic mass is 9.96. The van der Waals surface area contributed by atoms with E-state index in [1.54, 1.807) is 0 Å². The molecule has 34 heavy (non-hydrogen) atoms. The van der Waals surface area contributed by atoms with Crippen molar-refractivity contribution in [1.29, 1.82) is 0 Å². The number of esters is 1. The number of carbonyl (C=O) groups is 2. The zero-order valence-electron chi connectivity index (χ0n) is 23.5. The summed E-state index contributed by atoms with van der Waals surface area (Å²) in [5, 5.41) is 0. The molecule has 0 unspecified atom stereocenters. The number of rotatable bonds is 27. The minimum atomic E-state index is -0.00832. The van der Waals surface area contributed by atoms with E-state index in [4.69, 9.17) is 4.74 Å². The molecule has 0 amide bonds. The Hall–Kier alpha value is -0.860. The van der Waals surface area contributed by atoms with E-state index in [0.717, 1.165) is 51.4 Å². The number of ketones is 1. The van der Waals surface area contributed by atoms with Gasteiger partial charge in [0.1, 0.15) is 5.78 Å². The summed E-state index contributed by atoms with van der Waals surface area (Å²) in [5.74, 6) is 0.999. The van der Waals surface area contributed by atoms with Crippen molar-refractivity contribution in [2.45, 2.75) is 175 Å². The molecule has 0 fully saturated rings. The summed E-state index contributed by atoms with van der Waals surface area (Å²) >= 11 is 0. The van der Waals surface area contributed by atoms with Gasteiger partial charge in [0.15, 0.2) is 0 Å². The molecule has 0 saturated carbocycles. The van der Waals surface area contributed by atoms with E-state index in [1.165, 1.54) is 96.3 Å². The highest BCUT2D eigenvalue weighted by atomic mass is 16.5. The molecule has 0 saturated heterocycles. The molecule has 0 rings (SSSR count). The highest BCUT2D eigenvalue weighted by Crippen LogP contribution is 2.18. The minimum Gasteiger partial charge on any atom is -0.465 e. The third-order valence-corrected chi connectivity index (χ3v) is 7.06. The van der Waals surface area contributed by atoms with Crippen molar-refractivity contribution in [2.75, 3.05) is 6.61 Å². The van der Waals surface area contributed by atoms with E-state index in [-0.39, 0.29) is 5.97 Å². The molecule has 0 aromatic carbocycles. The van der Waals surface area contributed by atoms with Gasteiger partial charge in [-0.05, 0) is 38.0 Å². The summed E-state index contributed by atoms with van der Waals surface area (Å²) in [7, 11) is 0. The van der Waals surface area contributed by atoms with Crippen LogP contribution in [0.15, 0.2) is 0 Å². The molecule has 202 valence electrons. The largest absolute Gasteiger partial charge is 0.465 e. The fourth-order valence-electron chi connectivity index (χ4n) is 4.65. The Bertz CT molecular complexity index is 446. The van der Waals surface area contributed by atoms with Crippen molar-refractivity contribution in [2.24, 2.45) is 5.92 Å². The van der Waals surface area contributed by atoms with Gasteiger partial charge in [-0.2, -0.15) is 0 Å². The van der Waals surface area contributed by atoms with Crippen molar-refractivity contribution < 1.29 is 14.3 Å². The zero-order chi connectivity index (χ0) is 25.1. The van der Waals surface area contributed by atoms with Gasteiger partial charge < -0.3 is 4.74 Å². The lowest BCUT2D eigenvalue weighted by Gasteiger charge is -2.16. The van der Waals surface area contributed by atoms with E-state index in [0.29, 0.717) is 24.7 Å². The molecule has 0 heterocycles. The van der Waals surface area contributed by atoms with Crippen LogP contribution in [0.2, 0.25) is 0 Å². The van der Waals surface area contributed by atoms with Gasteiger partial charge in [-0.3, -0.25) is 9.59 Å². The second kappa shape index (κ2) is 26.7. The smallest absolute Gasteiger partial charge is 0.305 e. The van der Waals surface area contributed by atoms with Crippen LogP contribution >= 0.6 is 0 Å². The number of unbranched alkanes of at least 4 members (excludes halogenated alkanes) is 15. The van der Waals surface area contributed by atoms with E-state index < -0.39 is 0 Å². The number of hydrogen-bond donors (Lipinski definition) is 0. The molecule has 0 aromatic rings. The Kier molecular flexibility index (Phi) is 26.1. The number of hydrogen-bond acceptors (Lipinski definition) is 3. The Morgan fingerprint density at radius 2 is 0.912 bits per heavy atom. The second-order valence-electron chi connectivity index (χ2n) is 10.6. The first-order valence-electron chi connectivity index (χ1n) is 15.3. The zero-order valence-corrected chi connectivity index (χ0v) is 23.5. The molecule has 0 aromatic heterocycles. The maximum atomic E-state index is 12.1. The third kappa shape index (κ3) is 24.3. The molecule has 3 nitrogen and oxygen atoms in total. The van der Waals surface area contributed by atoms with Crippen LogP contribution < -0.4 is 0 Å². The predicted molar refractivity (Wildman–Crippen MR) is 147 cm³/mol. The summed E-state index contributed by atoms with van der Waals surface area (Å²) < 4.78 is 5.62. The van der Waals surface area contributed by atoms with Gasteiger partial charge >= 0.3 is 5.97 Å². The first-order valence-corrected chi connectivity index (χ1v) is 15.3. The van der Waals surface area contributed by atoms with Crippen molar-refractivity contribution in [1.82, 2.24) is 0 Å².